The zero-order valence-corrected chi connectivity index (χ0v) is 17.6. The highest BCUT2D eigenvalue weighted by molar-refractivity contribution is 5.89. The van der Waals surface area contributed by atoms with Gasteiger partial charge in [0.15, 0.2) is 6.61 Å². The molecule has 0 radical (unpaired) electrons. The van der Waals surface area contributed by atoms with Crippen molar-refractivity contribution in [2.75, 3.05) is 27.9 Å². The number of amides is 1. The first-order chi connectivity index (χ1) is 15.2. The Morgan fingerprint density at radius 3 is 2.16 bits per heavy atom. The number of nitrogens with one attached hydrogen (secondary N) is 1. The van der Waals surface area contributed by atoms with Gasteiger partial charge in [0.05, 0.1) is 33.1 Å². The van der Waals surface area contributed by atoms with E-state index in [2.05, 4.69) is 10.5 Å². The normalized spacial score (nSPS) is 10.5. The van der Waals surface area contributed by atoms with Crippen LogP contribution in [-0.2, 0) is 4.79 Å². The third kappa shape index (κ3) is 5.54. The summed E-state index contributed by atoms with van der Waals surface area (Å²) in [5.74, 6) is 1.81. The van der Waals surface area contributed by atoms with Crippen LogP contribution in [0.5, 0.6) is 23.0 Å². The SMILES string of the molecule is COc1cc(OC)c(/C=N\NC(=O)COc2ccccc2-c2ccccc2)c(OC)c1. The topological polar surface area (TPSA) is 78.4 Å². The molecule has 1 N–H and O–H groups in total. The maximum Gasteiger partial charge on any atom is 0.277 e. The fraction of sp³-hybridized carbons (Fsp3) is 0.167. The highest BCUT2D eigenvalue weighted by atomic mass is 16.5. The Labute approximate surface area is 181 Å². The van der Waals surface area contributed by atoms with Crippen LogP contribution in [0.15, 0.2) is 71.8 Å². The van der Waals surface area contributed by atoms with Crippen molar-refractivity contribution < 1.29 is 23.7 Å². The van der Waals surface area contributed by atoms with E-state index < -0.39 is 5.91 Å². The third-order valence-electron chi connectivity index (χ3n) is 4.47. The molecule has 0 unspecified atom stereocenters. The third-order valence-corrected chi connectivity index (χ3v) is 4.47. The average Bonchev–Trinajstić information content (AvgIpc) is 2.83. The fourth-order valence-corrected chi connectivity index (χ4v) is 2.95. The summed E-state index contributed by atoms with van der Waals surface area (Å²) < 4.78 is 21.7. The number of carbonyl (C=O) groups is 1. The summed E-state index contributed by atoms with van der Waals surface area (Å²) in [5, 5.41) is 4.00. The zero-order valence-electron chi connectivity index (χ0n) is 17.6. The number of hydrogen-bond acceptors (Lipinski definition) is 6. The average molecular weight is 420 g/mol. The largest absolute Gasteiger partial charge is 0.496 e. The van der Waals surface area contributed by atoms with Crippen molar-refractivity contribution in [3.63, 3.8) is 0 Å². The molecule has 0 atom stereocenters. The molecule has 7 nitrogen and oxygen atoms in total. The van der Waals surface area contributed by atoms with E-state index in [0.29, 0.717) is 28.6 Å². The zero-order chi connectivity index (χ0) is 22.1. The van der Waals surface area contributed by atoms with Crippen LogP contribution < -0.4 is 24.4 Å². The number of nitrogens with zero attached hydrogens (tertiary/aromatic N) is 1. The van der Waals surface area contributed by atoms with Crippen molar-refractivity contribution in [2.45, 2.75) is 0 Å². The smallest absolute Gasteiger partial charge is 0.277 e. The lowest BCUT2D eigenvalue weighted by Gasteiger charge is -2.12. The van der Waals surface area contributed by atoms with Gasteiger partial charge in [0.1, 0.15) is 23.0 Å². The minimum Gasteiger partial charge on any atom is -0.496 e. The van der Waals surface area contributed by atoms with Crippen molar-refractivity contribution in [3.8, 4) is 34.1 Å². The molecule has 31 heavy (non-hydrogen) atoms. The van der Waals surface area contributed by atoms with Crippen molar-refractivity contribution >= 4 is 12.1 Å². The molecule has 0 saturated carbocycles. The second kappa shape index (κ2) is 10.7. The van der Waals surface area contributed by atoms with Gasteiger partial charge in [-0.2, -0.15) is 5.10 Å². The number of ether oxygens (including phenoxy) is 4. The highest BCUT2D eigenvalue weighted by Crippen LogP contribution is 2.32. The molecular weight excluding hydrogens is 396 g/mol. The summed E-state index contributed by atoms with van der Waals surface area (Å²) in [4.78, 5) is 12.2. The van der Waals surface area contributed by atoms with Crippen molar-refractivity contribution in [1.29, 1.82) is 0 Å². The Hall–Kier alpha value is -4.00. The highest BCUT2D eigenvalue weighted by Gasteiger charge is 2.12. The summed E-state index contributed by atoms with van der Waals surface area (Å²) in [7, 11) is 4.61. The second-order valence-electron chi connectivity index (χ2n) is 6.39. The van der Waals surface area contributed by atoms with Crippen LogP contribution in [0.25, 0.3) is 11.1 Å². The van der Waals surface area contributed by atoms with E-state index in [4.69, 9.17) is 18.9 Å². The van der Waals surface area contributed by atoms with Gasteiger partial charge in [-0.05, 0) is 11.6 Å². The van der Waals surface area contributed by atoms with Crippen LogP contribution in [0.1, 0.15) is 5.56 Å². The van der Waals surface area contributed by atoms with Gasteiger partial charge in [0.2, 0.25) is 0 Å². The van der Waals surface area contributed by atoms with Crippen LogP contribution in [-0.4, -0.2) is 40.1 Å². The molecule has 0 fully saturated rings. The molecule has 0 saturated heterocycles. The number of carbonyl (C=O) groups excluding carboxylic acids is 1. The Bertz CT molecular complexity index is 1030. The van der Waals surface area contributed by atoms with Gasteiger partial charge in [-0.1, -0.05) is 48.5 Å². The standard InChI is InChI=1S/C24H24N2O5/c1-28-18-13-22(29-2)20(23(14-18)30-3)15-25-26-24(27)16-31-21-12-8-7-11-19(21)17-9-5-4-6-10-17/h4-15H,16H2,1-3H3,(H,26,27)/b25-15-. The quantitative estimate of drug-likeness (QED) is 0.420. The maximum atomic E-state index is 12.2. The lowest BCUT2D eigenvalue weighted by molar-refractivity contribution is -0.123. The van der Waals surface area contributed by atoms with Gasteiger partial charge in [-0.25, -0.2) is 5.43 Å². The molecule has 160 valence electrons. The number of hydrogen-bond donors (Lipinski definition) is 1. The molecule has 0 aliphatic rings. The van der Waals surface area contributed by atoms with E-state index in [0.717, 1.165) is 11.1 Å². The van der Waals surface area contributed by atoms with Gasteiger partial charge in [-0.15, -0.1) is 0 Å². The lowest BCUT2D eigenvalue weighted by atomic mass is 10.1. The molecule has 0 heterocycles. The van der Waals surface area contributed by atoms with E-state index >= 15 is 0 Å². The molecule has 3 rings (SSSR count). The fourth-order valence-electron chi connectivity index (χ4n) is 2.95. The van der Waals surface area contributed by atoms with Gasteiger partial charge >= 0.3 is 0 Å². The Balaban J connectivity index is 1.65. The van der Waals surface area contributed by atoms with E-state index in [1.807, 2.05) is 54.6 Å². The van der Waals surface area contributed by atoms with Crippen molar-refractivity contribution in [1.82, 2.24) is 5.43 Å². The molecule has 7 heteroatoms. The maximum absolute atomic E-state index is 12.2. The van der Waals surface area contributed by atoms with Crippen molar-refractivity contribution in [2.24, 2.45) is 5.10 Å². The number of methoxy groups -OCH3 is 3. The van der Waals surface area contributed by atoms with Gasteiger partial charge in [0, 0.05) is 17.7 Å². The number of hydrazone groups is 1. The van der Waals surface area contributed by atoms with Crippen LogP contribution in [0.3, 0.4) is 0 Å². The molecular formula is C24H24N2O5. The summed E-state index contributed by atoms with van der Waals surface area (Å²) in [6.07, 6.45) is 1.45. The number of para-hydroxylation sites is 1. The predicted octanol–water partition coefficient (Wildman–Crippen LogP) is 3.91. The minimum absolute atomic E-state index is 0.182. The van der Waals surface area contributed by atoms with Crippen LogP contribution in [0.4, 0.5) is 0 Å². The summed E-state index contributed by atoms with van der Waals surface area (Å²) >= 11 is 0. The van der Waals surface area contributed by atoms with E-state index in [9.17, 15) is 4.79 Å². The summed E-state index contributed by atoms with van der Waals surface area (Å²) in [6, 6.07) is 20.8. The van der Waals surface area contributed by atoms with E-state index in [-0.39, 0.29) is 6.61 Å². The van der Waals surface area contributed by atoms with Crippen molar-refractivity contribution in [3.05, 3.63) is 72.3 Å². The molecule has 0 aliphatic heterocycles. The number of rotatable bonds is 9. The van der Waals surface area contributed by atoms with E-state index in [1.165, 1.54) is 20.4 Å². The molecule has 3 aromatic rings. The second-order valence-corrected chi connectivity index (χ2v) is 6.39. The van der Waals surface area contributed by atoms with Gasteiger partial charge in [-0.3, -0.25) is 4.79 Å². The van der Waals surface area contributed by atoms with Crippen LogP contribution in [0.2, 0.25) is 0 Å². The lowest BCUT2D eigenvalue weighted by Crippen LogP contribution is -2.24. The first-order valence-corrected chi connectivity index (χ1v) is 9.55. The van der Waals surface area contributed by atoms with E-state index in [1.54, 1.807) is 19.2 Å². The summed E-state index contributed by atoms with van der Waals surface area (Å²) in [6.45, 7) is -0.182. The molecule has 1 amide bonds. The number of benzene rings is 3. The molecule has 0 aromatic heterocycles. The first-order valence-electron chi connectivity index (χ1n) is 9.55. The summed E-state index contributed by atoms with van der Waals surface area (Å²) in [5.41, 5.74) is 4.94. The van der Waals surface area contributed by atoms with Gasteiger partial charge < -0.3 is 18.9 Å². The first kappa shape index (κ1) is 21.7. The Kier molecular flexibility index (Phi) is 7.48. The van der Waals surface area contributed by atoms with Crippen LogP contribution in [0, 0.1) is 0 Å². The Morgan fingerprint density at radius 2 is 1.52 bits per heavy atom. The van der Waals surface area contributed by atoms with Gasteiger partial charge in [0.25, 0.3) is 5.91 Å². The monoisotopic (exact) mass is 420 g/mol. The minimum atomic E-state index is -0.398. The molecule has 3 aromatic carbocycles. The molecule has 0 spiro atoms. The molecule has 0 bridgehead atoms. The predicted molar refractivity (Wildman–Crippen MR) is 119 cm³/mol. The van der Waals surface area contributed by atoms with Crippen LogP contribution >= 0.6 is 0 Å². The Morgan fingerprint density at radius 1 is 0.871 bits per heavy atom. The molecule has 0 aliphatic carbocycles.